The number of nitriles is 1. The molecule has 1 saturated heterocycles. The van der Waals surface area contributed by atoms with Crippen LogP contribution >= 0.6 is 11.8 Å². The molecule has 1 aliphatic heterocycles. The highest BCUT2D eigenvalue weighted by Gasteiger charge is 2.23. The molecule has 0 bridgehead atoms. The van der Waals surface area contributed by atoms with Gasteiger partial charge in [0.2, 0.25) is 5.91 Å². The molecule has 0 aromatic heterocycles. The van der Waals surface area contributed by atoms with Crippen molar-refractivity contribution in [1.29, 1.82) is 5.26 Å². The van der Waals surface area contributed by atoms with Crippen LogP contribution in [-0.2, 0) is 4.79 Å². The summed E-state index contributed by atoms with van der Waals surface area (Å²) < 4.78 is 0. The summed E-state index contributed by atoms with van der Waals surface area (Å²) in [5, 5.41) is 14.3. The van der Waals surface area contributed by atoms with Crippen LogP contribution in [0.4, 0.5) is 0 Å². The first-order valence-corrected chi connectivity index (χ1v) is 5.38. The van der Waals surface area contributed by atoms with E-state index in [2.05, 4.69) is 10.6 Å². The van der Waals surface area contributed by atoms with Crippen LogP contribution in [0.3, 0.4) is 0 Å². The first kappa shape index (κ1) is 10.4. The number of hydrogen-bond donors (Lipinski definition) is 2. The molecule has 1 heterocycles. The Morgan fingerprint density at radius 1 is 1.92 bits per heavy atom. The van der Waals surface area contributed by atoms with Crippen molar-refractivity contribution in [2.45, 2.75) is 25.4 Å². The zero-order valence-electron chi connectivity index (χ0n) is 7.54. The zero-order chi connectivity index (χ0) is 9.68. The van der Waals surface area contributed by atoms with Crippen LogP contribution in [0.25, 0.3) is 0 Å². The molecule has 0 saturated carbocycles. The first-order chi connectivity index (χ1) is 6.24. The second-order valence-corrected chi connectivity index (χ2v) is 4.07. The molecular weight excluding hydrogens is 186 g/mol. The zero-order valence-corrected chi connectivity index (χ0v) is 8.36. The maximum absolute atomic E-state index is 11.4. The minimum atomic E-state index is -0.0776. The van der Waals surface area contributed by atoms with Crippen LogP contribution in [0.15, 0.2) is 0 Å². The van der Waals surface area contributed by atoms with Gasteiger partial charge in [-0.25, -0.2) is 0 Å². The van der Waals surface area contributed by atoms with Gasteiger partial charge in [-0.3, -0.25) is 10.1 Å². The number of amides is 1. The summed E-state index contributed by atoms with van der Waals surface area (Å²) in [6.45, 7) is 1.84. The number of thioether (sulfide) groups is 1. The SMILES string of the molecule is CC(CC#N)NC(=O)C1CSCN1. The average Bonchev–Trinajstić information content (AvgIpc) is 2.55. The molecule has 72 valence electrons. The lowest BCUT2D eigenvalue weighted by Crippen LogP contribution is -2.45. The van der Waals surface area contributed by atoms with Crippen LogP contribution in [0.1, 0.15) is 13.3 Å². The second-order valence-electron chi connectivity index (χ2n) is 3.04. The van der Waals surface area contributed by atoms with Crippen molar-refractivity contribution < 1.29 is 4.79 Å². The third-order valence-electron chi connectivity index (χ3n) is 1.82. The summed E-state index contributed by atoms with van der Waals surface area (Å²) in [4.78, 5) is 11.4. The molecule has 2 N–H and O–H groups in total. The molecule has 1 fully saturated rings. The van der Waals surface area contributed by atoms with Crippen LogP contribution in [0, 0.1) is 11.3 Å². The molecule has 0 spiro atoms. The third kappa shape index (κ3) is 3.25. The predicted octanol–water partition coefficient (Wildman–Crippen LogP) is 0.0673. The maximum Gasteiger partial charge on any atom is 0.238 e. The molecule has 1 amide bonds. The van der Waals surface area contributed by atoms with Crippen molar-refractivity contribution in [3.05, 3.63) is 0 Å². The van der Waals surface area contributed by atoms with E-state index in [9.17, 15) is 4.79 Å². The van der Waals surface area contributed by atoms with E-state index in [1.807, 2.05) is 13.0 Å². The lowest BCUT2D eigenvalue weighted by atomic mass is 10.2. The number of rotatable bonds is 3. The van der Waals surface area contributed by atoms with E-state index in [1.165, 1.54) is 0 Å². The Kier molecular flexibility index (Phi) is 4.06. The number of nitrogens with zero attached hydrogens (tertiary/aromatic N) is 1. The molecule has 0 radical (unpaired) electrons. The summed E-state index contributed by atoms with van der Waals surface area (Å²) in [5.41, 5.74) is 0. The van der Waals surface area contributed by atoms with Gasteiger partial charge in [-0.15, -0.1) is 11.8 Å². The molecule has 2 unspecified atom stereocenters. The second kappa shape index (κ2) is 5.10. The van der Waals surface area contributed by atoms with Gasteiger partial charge in [-0.1, -0.05) is 0 Å². The van der Waals surface area contributed by atoms with Gasteiger partial charge in [0.15, 0.2) is 0 Å². The summed E-state index contributed by atoms with van der Waals surface area (Å²) >= 11 is 1.71. The summed E-state index contributed by atoms with van der Waals surface area (Å²) in [5.74, 6) is 1.67. The standard InChI is InChI=1S/C8H13N3OS/c1-6(2-3-9)11-8(12)7-4-13-5-10-7/h6-7,10H,2,4-5H2,1H3,(H,11,12). The summed E-state index contributed by atoms with van der Waals surface area (Å²) in [7, 11) is 0. The van der Waals surface area contributed by atoms with Crippen LogP contribution < -0.4 is 10.6 Å². The predicted molar refractivity (Wildman–Crippen MR) is 52.1 cm³/mol. The van der Waals surface area contributed by atoms with Crippen LogP contribution in [-0.4, -0.2) is 29.6 Å². The van der Waals surface area contributed by atoms with Crippen molar-refractivity contribution in [3.8, 4) is 6.07 Å². The van der Waals surface area contributed by atoms with Crippen molar-refractivity contribution >= 4 is 17.7 Å². The van der Waals surface area contributed by atoms with Gasteiger partial charge >= 0.3 is 0 Å². The number of hydrogen-bond acceptors (Lipinski definition) is 4. The van der Waals surface area contributed by atoms with Gasteiger partial charge in [-0.2, -0.15) is 5.26 Å². The Morgan fingerprint density at radius 3 is 3.23 bits per heavy atom. The average molecular weight is 199 g/mol. The van der Waals surface area contributed by atoms with Crippen LogP contribution in [0.2, 0.25) is 0 Å². The van der Waals surface area contributed by atoms with Gasteiger partial charge < -0.3 is 5.32 Å². The Hall–Kier alpha value is -0.730. The Labute approximate surface area is 82.1 Å². The minimum absolute atomic E-state index is 0.00718. The molecule has 0 aromatic carbocycles. The fraction of sp³-hybridized carbons (Fsp3) is 0.750. The molecule has 0 aliphatic carbocycles. The number of nitrogens with one attached hydrogen (secondary N) is 2. The van der Waals surface area contributed by atoms with E-state index in [1.54, 1.807) is 11.8 Å². The van der Waals surface area contributed by atoms with Gasteiger partial charge in [0.1, 0.15) is 0 Å². The van der Waals surface area contributed by atoms with Gasteiger partial charge in [-0.05, 0) is 6.92 Å². The minimum Gasteiger partial charge on any atom is -0.351 e. The van der Waals surface area contributed by atoms with Crippen molar-refractivity contribution in [2.24, 2.45) is 0 Å². The van der Waals surface area contributed by atoms with E-state index >= 15 is 0 Å². The molecule has 2 atom stereocenters. The fourth-order valence-electron chi connectivity index (χ4n) is 1.10. The monoisotopic (exact) mass is 199 g/mol. The highest BCUT2D eigenvalue weighted by atomic mass is 32.2. The number of carbonyl (C=O) groups excluding carboxylic acids is 1. The van der Waals surface area contributed by atoms with Crippen molar-refractivity contribution in [2.75, 3.05) is 11.6 Å². The largest absolute Gasteiger partial charge is 0.351 e. The van der Waals surface area contributed by atoms with E-state index in [0.29, 0.717) is 6.42 Å². The summed E-state index contributed by atoms with van der Waals surface area (Å²) in [6, 6.07) is 1.89. The van der Waals surface area contributed by atoms with Gasteiger partial charge in [0.25, 0.3) is 0 Å². The van der Waals surface area contributed by atoms with E-state index in [0.717, 1.165) is 11.6 Å². The van der Waals surface area contributed by atoms with Gasteiger partial charge in [0.05, 0.1) is 18.5 Å². The molecule has 13 heavy (non-hydrogen) atoms. The Bertz CT molecular complexity index is 220. The maximum atomic E-state index is 11.4. The fourth-order valence-corrected chi connectivity index (χ4v) is 2.04. The molecule has 1 rings (SSSR count). The highest BCUT2D eigenvalue weighted by molar-refractivity contribution is 7.99. The molecule has 5 heteroatoms. The van der Waals surface area contributed by atoms with Crippen LogP contribution in [0.5, 0.6) is 0 Å². The first-order valence-electron chi connectivity index (χ1n) is 4.22. The normalized spacial score (nSPS) is 23.5. The molecule has 0 aromatic rings. The molecule has 1 aliphatic rings. The topological polar surface area (TPSA) is 64.9 Å². The molecule has 4 nitrogen and oxygen atoms in total. The summed E-state index contributed by atoms with van der Waals surface area (Å²) in [6.07, 6.45) is 0.367. The Balaban J connectivity index is 2.28. The number of carbonyl (C=O) groups is 1. The Morgan fingerprint density at radius 2 is 2.69 bits per heavy atom. The van der Waals surface area contributed by atoms with Crippen molar-refractivity contribution in [1.82, 2.24) is 10.6 Å². The third-order valence-corrected chi connectivity index (χ3v) is 2.76. The molecular formula is C8H13N3OS. The van der Waals surface area contributed by atoms with E-state index < -0.39 is 0 Å². The van der Waals surface area contributed by atoms with E-state index in [4.69, 9.17) is 5.26 Å². The van der Waals surface area contributed by atoms with E-state index in [-0.39, 0.29) is 18.0 Å². The van der Waals surface area contributed by atoms with Crippen molar-refractivity contribution in [3.63, 3.8) is 0 Å². The smallest absolute Gasteiger partial charge is 0.238 e. The van der Waals surface area contributed by atoms with Gasteiger partial charge in [0, 0.05) is 17.7 Å². The lowest BCUT2D eigenvalue weighted by molar-refractivity contribution is -0.122. The highest BCUT2D eigenvalue weighted by Crippen LogP contribution is 2.09. The lowest BCUT2D eigenvalue weighted by Gasteiger charge is -2.14. The quantitative estimate of drug-likeness (QED) is 0.675.